The van der Waals surface area contributed by atoms with Crippen molar-refractivity contribution in [3.8, 4) is 11.5 Å². The normalized spacial score (nSPS) is 10.9. The zero-order valence-electron chi connectivity index (χ0n) is 19.0. The molecule has 0 radical (unpaired) electrons. The number of amides is 1. The van der Waals surface area contributed by atoms with E-state index in [0.29, 0.717) is 23.1 Å². The third-order valence-electron chi connectivity index (χ3n) is 5.21. The zero-order chi connectivity index (χ0) is 25.3. The number of non-ortho nitro benzene ring substituents is 1. The van der Waals surface area contributed by atoms with Crippen LogP contribution in [0.15, 0.2) is 57.4 Å². The quantitative estimate of drug-likeness (QED) is 0.196. The number of nitro groups is 1. The lowest BCUT2D eigenvalue weighted by atomic mass is 10.2. The van der Waals surface area contributed by atoms with E-state index >= 15 is 0 Å². The molecule has 0 unspecified atom stereocenters. The van der Waals surface area contributed by atoms with Crippen molar-refractivity contribution in [3.63, 3.8) is 0 Å². The fraction of sp³-hybridized carbons (Fsp3) is 0.167. The number of furan rings is 1. The van der Waals surface area contributed by atoms with Crippen LogP contribution in [0.4, 0.5) is 11.4 Å². The van der Waals surface area contributed by atoms with Crippen molar-refractivity contribution in [1.82, 2.24) is 9.78 Å². The number of benzene rings is 2. The van der Waals surface area contributed by atoms with Gasteiger partial charge in [-0.05, 0) is 72.6 Å². The number of nitrogens with zero attached hydrogens (tertiary/aromatic N) is 3. The molecule has 2 aromatic heterocycles. The SMILES string of the molecule is Cc1cc(Cl)ccc1Oc1cc(NC(=O)c2ccc(Cn3nc(C)c(Br)c3C)o2)cc([N+](=O)[O-])c1. The topological polar surface area (TPSA) is 112 Å². The van der Waals surface area contributed by atoms with Crippen molar-refractivity contribution in [3.05, 3.63) is 96.6 Å². The van der Waals surface area contributed by atoms with Crippen molar-refractivity contribution in [2.75, 3.05) is 5.32 Å². The fourth-order valence-electron chi connectivity index (χ4n) is 3.43. The first-order valence-corrected chi connectivity index (χ1v) is 11.6. The number of ether oxygens (including phenoxy) is 1. The third kappa shape index (κ3) is 5.55. The van der Waals surface area contributed by atoms with Gasteiger partial charge in [0, 0.05) is 17.2 Å². The van der Waals surface area contributed by atoms with E-state index in [2.05, 4.69) is 26.3 Å². The van der Waals surface area contributed by atoms with Crippen LogP contribution in [-0.4, -0.2) is 20.6 Å². The molecule has 35 heavy (non-hydrogen) atoms. The largest absolute Gasteiger partial charge is 0.457 e. The molecule has 1 amide bonds. The summed E-state index contributed by atoms with van der Waals surface area (Å²) in [7, 11) is 0. The molecule has 0 aliphatic heterocycles. The Morgan fingerprint density at radius 2 is 1.97 bits per heavy atom. The summed E-state index contributed by atoms with van der Waals surface area (Å²) in [5.41, 5.74) is 2.49. The molecule has 0 saturated heterocycles. The van der Waals surface area contributed by atoms with E-state index in [9.17, 15) is 14.9 Å². The van der Waals surface area contributed by atoms with Crippen molar-refractivity contribution in [2.24, 2.45) is 0 Å². The predicted molar refractivity (Wildman–Crippen MR) is 135 cm³/mol. The standard InChI is InChI=1S/C24H20BrClN4O5/c1-13-8-16(26)4-6-21(13)35-20-10-17(9-18(11-20)30(32)33)27-24(31)22-7-5-19(34-22)12-29-15(3)23(25)14(2)28-29/h4-11H,12H2,1-3H3,(H,27,31). The molecule has 11 heteroatoms. The monoisotopic (exact) mass is 558 g/mol. The van der Waals surface area contributed by atoms with Gasteiger partial charge in [-0.15, -0.1) is 0 Å². The first-order chi connectivity index (χ1) is 16.6. The number of rotatable bonds is 7. The number of carbonyl (C=O) groups is 1. The Kier molecular flexibility index (Phi) is 6.95. The van der Waals surface area contributed by atoms with Crippen LogP contribution in [0.3, 0.4) is 0 Å². The predicted octanol–water partition coefficient (Wildman–Crippen LogP) is 6.82. The number of hydrogen-bond acceptors (Lipinski definition) is 6. The number of nitrogens with one attached hydrogen (secondary N) is 1. The summed E-state index contributed by atoms with van der Waals surface area (Å²) in [5, 5.41) is 19.1. The Morgan fingerprint density at radius 1 is 1.20 bits per heavy atom. The van der Waals surface area contributed by atoms with Gasteiger partial charge in [0.05, 0.1) is 39.1 Å². The number of aryl methyl sites for hydroxylation is 2. The first-order valence-electron chi connectivity index (χ1n) is 10.4. The number of carbonyl (C=O) groups excluding carboxylic acids is 1. The molecule has 0 spiro atoms. The highest BCUT2D eigenvalue weighted by Crippen LogP contribution is 2.32. The van der Waals surface area contributed by atoms with E-state index in [-0.39, 0.29) is 22.9 Å². The van der Waals surface area contributed by atoms with Crippen LogP contribution in [0.1, 0.15) is 33.3 Å². The van der Waals surface area contributed by atoms with Gasteiger partial charge in [-0.25, -0.2) is 0 Å². The first kappa shape index (κ1) is 24.5. The average Bonchev–Trinajstić information content (AvgIpc) is 3.36. The van der Waals surface area contributed by atoms with Gasteiger partial charge in [-0.1, -0.05) is 11.6 Å². The molecular formula is C24H20BrClN4O5. The average molecular weight is 560 g/mol. The number of hydrogen-bond donors (Lipinski definition) is 1. The minimum Gasteiger partial charge on any atom is -0.457 e. The van der Waals surface area contributed by atoms with Crippen molar-refractivity contribution >= 4 is 44.8 Å². The van der Waals surface area contributed by atoms with Crippen LogP contribution >= 0.6 is 27.5 Å². The van der Waals surface area contributed by atoms with E-state index in [1.54, 1.807) is 35.9 Å². The Hall–Kier alpha value is -3.63. The van der Waals surface area contributed by atoms with Gasteiger partial charge < -0.3 is 14.5 Å². The molecule has 1 N–H and O–H groups in total. The maximum atomic E-state index is 12.8. The molecule has 4 aromatic rings. The molecular weight excluding hydrogens is 540 g/mol. The van der Waals surface area contributed by atoms with Crippen LogP contribution in [0, 0.1) is 30.9 Å². The molecule has 2 aromatic carbocycles. The van der Waals surface area contributed by atoms with Gasteiger partial charge in [0.2, 0.25) is 0 Å². The fourth-order valence-corrected chi connectivity index (χ4v) is 3.94. The Labute approximate surface area is 213 Å². The highest BCUT2D eigenvalue weighted by molar-refractivity contribution is 9.10. The molecule has 180 valence electrons. The summed E-state index contributed by atoms with van der Waals surface area (Å²) < 4.78 is 14.2. The van der Waals surface area contributed by atoms with Crippen LogP contribution in [-0.2, 0) is 6.54 Å². The van der Waals surface area contributed by atoms with Gasteiger partial charge in [0.25, 0.3) is 11.6 Å². The summed E-state index contributed by atoms with van der Waals surface area (Å²) in [6.45, 7) is 5.97. The lowest BCUT2D eigenvalue weighted by Crippen LogP contribution is -2.11. The van der Waals surface area contributed by atoms with Crippen LogP contribution in [0.2, 0.25) is 5.02 Å². The molecule has 0 atom stereocenters. The summed E-state index contributed by atoms with van der Waals surface area (Å²) in [6.07, 6.45) is 0. The van der Waals surface area contributed by atoms with E-state index < -0.39 is 10.8 Å². The maximum Gasteiger partial charge on any atom is 0.291 e. The van der Waals surface area contributed by atoms with Gasteiger partial charge in [-0.2, -0.15) is 5.10 Å². The van der Waals surface area contributed by atoms with E-state index in [1.807, 2.05) is 13.8 Å². The lowest BCUT2D eigenvalue weighted by Gasteiger charge is -2.11. The van der Waals surface area contributed by atoms with Gasteiger partial charge >= 0.3 is 0 Å². The number of nitro benzene ring substituents is 1. The van der Waals surface area contributed by atoms with Crippen LogP contribution in [0.25, 0.3) is 0 Å². The van der Waals surface area contributed by atoms with E-state index in [4.69, 9.17) is 20.8 Å². The van der Waals surface area contributed by atoms with Gasteiger partial charge in [0.1, 0.15) is 17.3 Å². The van der Waals surface area contributed by atoms with Crippen molar-refractivity contribution in [1.29, 1.82) is 0 Å². The van der Waals surface area contributed by atoms with Crippen LogP contribution in [0.5, 0.6) is 11.5 Å². The minimum absolute atomic E-state index is 0.0584. The second-order valence-corrected chi connectivity index (χ2v) is 9.08. The van der Waals surface area contributed by atoms with E-state index in [1.165, 1.54) is 24.3 Å². The molecule has 0 aliphatic carbocycles. The summed E-state index contributed by atoms with van der Waals surface area (Å²) >= 11 is 9.47. The smallest absolute Gasteiger partial charge is 0.291 e. The highest BCUT2D eigenvalue weighted by atomic mass is 79.9. The molecule has 9 nitrogen and oxygen atoms in total. The van der Waals surface area contributed by atoms with Crippen molar-refractivity contribution < 1.29 is 18.9 Å². The molecule has 0 saturated carbocycles. The maximum absolute atomic E-state index is 12.8. The van der Waals surface area contributed by atoms with E-state index in [0.717, 1.165) is 21.4 Å². The van der Waals surface area contributed by atoms with Gasteiger partial charge in [0.15, 0.2) is 5.76 Å². The van der Waals surface area contributed by atoms with Crippen molar-refractivity contribution in [2.45, 2.75) is 27.3 Å². The molecule has 0 fully saturated rings. The lowest BCUT2D eigenvalue weighted by molar-refractivity contribution is -0.384. The number of halogens is 2. The molecule has 0 bridgehead atoms. The zero-order valence-corrected chi connectivity index (χ0v) is 21.3. The van der Waals surface area contributed by atoms with Crippen LogP contribution < -0.4 is 10.1 Å². The summed E-state index contributed by atoms with van der Waals surface area (Å²) in [5.74, 6) is 0.714. The molecule has 0 aliphatic rings. The molecule has 2 heterocycles. The Morgan fingerprint density at radius 3 is 2.63 bits per heavy atom. The number of aromatic nitrogens is 2. The number of anilines is 1. The second-order valence-electron chi connectivity index (χ2n) is 7.85. The second kappa shape index (κ2) is 9.93. The minimum atomic E-state index is -0.561. The van der Waals surface area contributed by atoms with Gasteiger partial charge in [-0.3, -0.25) is 19.6 Å². The highest BCUT2D eigenvalue weighted by Gasteiger charge is 2.17. The Balaban J connectivity index is 1.53. The third-order valence-corrected chi connectivity index (χ3v) is 6.59. The summed E-state index contributed by atoms with van der Waals surface area (Å²) in [6, 6.07) is 12.3. The Bertz CT molecular complexity index is 1450. The summed E-state index contributed by atoms with van der Waals surface area (Å²) in [4.78, 5) is 23.7. The molecule has 4 rings (SSSR count).